The molecule has 0 spiro atoms. The fourth-order valence-electron chi connectivity index (χ4n) is 7.27. The highest BCUT2D eigenvalue weighted by molar-refractivity contribution is 7.61. The lowest BCUT2D eigenvalue weighted by Gasteiger charge is -2.40. The van der Waals surface area contributed by atoms with E-state index in [-0.39, 0.29) is 38.0 Å². The zero-order valence-corrected chi connectivity index (χ0v) is 45.8. The Labute approximate surface area is 458 Å². The SMILES string of the molecule is CC(=O)CCC(=O)NCCCC[C@H](NC(=O)CC[C@@H](NC(=O)[C@H](C)NC(=O)[C@H](C)OC[C@H]1O[C@H](OP(=O)(O)OP(=O)(O)OC[C@H]2O[C@@H](n3ccc(=O)[nH]c3=O)[C@H](O)[C@@H]2O)[C@H](O)[C@@H](O)[C@@H]1O)C(=O)O)C(=O)N[C@H](C)C(=O)N[C@H](C)C(=O)O. The van der Waals surface area contributed by atoms with Crippen LogP contribution in [0.2, 0.25) is 0 Å². The van der Waals surface area contributed by atoms with E-state index in [4.69, 9.17) is 19.3 Å². The number of aliphatic hydroxyl groups is 5. The van der Waals surface area contributed by atoms with Crippen LogP contribution >= 0.6 is 15.6 Å². The number of aliphatic hydroxyl groups excluding tert-OH is 5. The van der Waals surface area contributed by atoms with Gasteiger partial charge in [0, 0.05) is 38.1 Å². The predicted molar refractivity (Wildman–Crippen MR) is 265 cm³/mol. The van der Waals surface area contributed by atoms with Gasteiger partial charge >= 0.3 is 33.3 Å². The maximum Gasteiger partial charge on any atom is 0.483 e. The van der Waals surface area contributed by atoms with E-state index in [1.807, 2.05) is 4.98 Å². The summed E-state index contributed by atoms with van der Waals surface area (Å²) in [4.78, 5) is 157. The van der Waals surface area contributed by atoms with Gasteiger partial charge in [0.15, 0.2) is 12.5 Å². The molecule has 1 aromatic heterocycles. The number of nitrogens with zero attached hydrogens (tertiary/aromatic N) is 1. The highest BCUT2D eigenvalue weighted by Crippen LogP contribution is 2.61. The molecule has 2 aliphatic heterocycles. The number of ketones is 1. The minimum atomic E-state index is -5.89. The molecule has 0 radical (unpaired) electrons. The van der Waals surface area contributed by atoms with E-state index in [2.05, 4.69) is 45.3 Å². The molecule has 2 aliphatic rings. The van der Waals surface area contributed by atoms with E-state index < -0.39 is 192 Å². The molecular formula is C43H68N8O28P2. The molecule has 6 amide bonds. The first kappa shape index (κ1) is 69.3. The number of carboxylic acid groups (broad SMARTS) is 2. The predicted octanol–water partition coefficient (Wildman–Crippen LogP) is -6.29. The molecule has 0 bridgehead atoms. The van der Waals surface area contributed by atoms with E-state index in [0.29, 0.717) is 11.0 Å². The van der Waals surface area contributed by atoms with Crippen molar-refractivity contribution < 1.29 is 125 Å². The molecule has 2 fully saturated rings. The van der Waals surface area contributed by atoms with E-state index in [0.717, 1.165) is 26.1 Å². The molecule has 38 heteroatoms. The molecule has 36 nitrogen and oxygen atoms in total. The summed E-state index contributed by atoms with van der Waals surface area (Å²) in [5, 5.41) is 85.1. The number of unbranched alkanes of at least 4 members (excludes halogenated alkanes) is 1. The van der Waals surface area contributed by atoms with Crippen molar-refractivity contribution in [1.29, 1.82) is 0 Å². The van der Waals surface area contributed by atoms with Crippen LogP contribution in [0.4, 0.5) is 0 Å². The van der Waals surface area contributed by atoms with Crippen molar-refractivity contribution in [3.8, 4) is 0 Å². The van der Waals surface area contributed by atoms with E-state index >= 15 is 0 Å². The van der Waals surface area contributed by atoms with Crippen molar-refractivity contribution in [2.75, 3.05) is 19.8 Å². The van der Waals surface area contributed by atoms with Gasteiger partial charge in [0.1, 0.15) is 84.8 Å². The maximum absolute atomic E-state index is 13.3. The average Bonchev–Trinajstić information content (AvgIpc) is 3.74. The van der Waals surface area contributed by atoms with Gasteiger partial charge in [0.25, 0.3) is 5.56 Å². The molecule has 17 atom stereocenters. The van der Waals surface area contributed by atoms with Crippen molar-refractivity contribution in [3.05, 3.63) is 33.1 Å². The second-order valence-electron chi connectivity index (χ2n) is 18.6. The van der Waals surface area contributed by atoms with Gasteiger partial charge in [-0.15, -0.1) is 0 Å². The Morgan fingerprint density at radius 1 is 0.654 bits per heavy atom. The fourth-order valence-corrected chi connectivity index (χ4v) is 9.43. The number of phosphoric acid groups is 2. The number of ether oxygens (including phenoxy) is 3. The lowest BCUT2D eigenvalue weighted by Crippen LogP contribution is -2.59. The number of amides is 6. The van der Waals surface area contributed by atoms with Crippen LogP contribution < -0.4 is 43.1 Å². The molecule has 81 heavy (non-hydrogen) atoms. The Kier molecular flexibility index (Phi) is 26.9. The normalized spacial score (nSPS) is 25.4. The number of hydrogen-bond acceptors (Lipinski definition) is 24. The number of rotatable bonds is 33. The van der Waals surface area contributed by atoms with Crippen molar-refractivity contribution >= 4 is 68.8 Å². The third kappa shape index (κ3) is 22.4. The molecular weight excluding hydrogens is 1140 g/mol. The van der Waals surface area contributed by atoms with Crippen LogP contribution in [-0.2, 0) is 79.8 Å². The van der Waals surface area contributed by atoms with E-state index in [1.54, 1.807) is 0 Å². The molecule has 3 heterocycles. The number of hydrogen-bond donors (Lipinski definition) is 16. The molecule has 1 aromatic rings. The summed E-state index contributed by atoms with van der Waals surface area (Å²) in [5.41, 5.74) is -1.88. The number of Topliss-reactive ketones (excluding diaryl/α,β-unsaturated/α-hetero) is 1. The number of nitrogens with one attached hydrogen (secondary N) is 7. The monoisotopic (exact) mass is 1210 g/mol. The van der Waals surface area contributed by atoms with Crippen molar-refractivity contribution in [2.45, 2.75) is 171 Å². The van der Waals surface area contributed by atoms with Gasteiger partial charge in [-0.1, -0.05) is 0 Å². The molecule has 2 saturated heterocycles. The van der Waals surface area contributed by atoms with Gasteiger partial charge in [-0.3, -0.25) is 57.0 Å². The Morgan fingerprint density at radius 3 is 1.85 bits per heavy atom. The Bertz CT molecular complexity index is 2620. The smallest absolute Gasteiger partial charge is 0.480 e. The number of carboxylic acids is 2. The lowest BCUT2D eigenvalue weighted by atomic mass is 9.99. The zero-order chi connectivity index (χ0) is 61.3. The van der Waals surface area contributed by atoms with E-state index in [1.165, 1.54) is 20.8 Å². The Balaban J connectivity index is 1.54. The van der Waals surface area contributed by atoms with Crippen LogP contribution in [0, 0.1) is 0 Å². The third-order valence-electron chi connectivity index (χ3n) is 12.0. The van der Waals surface area contributed by atoms with Crippen molar-refractivity contribution in [2.24, 2.45) is 0 Å². The number of carbonyl (C=O) groups excluding carboxylic acids is 7. The summed E-state index contributed by atoms with van der Waals surface area (Å²) in [6, 6.07) is -6.32. The Morgan fingerprint density at radius 2 is 1.25 bits per heavy atom. The number of phosphoric ester groups is 2. The minimum absolute atomic E-state index is 0.0345. The number of aliphatic carboxylic acids is 2. The van der Waals surface area contributed by atoms with Crippen LogP contribution in [0.5, 0.6) is 0 Å². The summed E-state index contributed by atoms with van der Waals surface area (Å²) in [7, 11) is -11.6. The standard InChI is InChI=1S/C43H68N8O28P2/c1-18(52)9-11-27(53)44-14-7-6-8-23(38(64)46-19(2)35(61)47-21(4)40(65)66)48-28(54)12-10-24(41(67)68)49-36(62)20(3)45-37(63)22(5)74-16-25-30(56)32(58)34(60)42(77-25)78-81(72,73)79-80(70,71)75-17-26-31(57)33(59)39(76-26)51-15-13-29(55)50-43(51)69/h13,15,19-26,30-34,39,42,56-60H,6-12,14,16-17H2,1-5H3,(H,44,53)(H,45,63)(H,46,64)(H,47,61)(H,48,54)(H,49,62)(H,65,66)(H,67,68)(H,70,71)(H,72,73)(H,50,55,69)/t19-,20+,21-,22+,23+,24-,25-,26-,30-,31-,32+,33-,34-,39-,42-/m1/s1. The second kappa shape index (κ2) is 31.5. The van der Waals surface area contributed by atoms with Crippen LogP contribution in [0.1, 0.15) is 85.8 Å². The van der Waals surface area contributed by atoms with Gasteiger partial charge in [0.05, 0.1) is 13.2 Å². The number of aromatic nitrogens is 2. The third-order valence-corrected chi connectivity index (χ3v) is 14.6. The summed E-state index contributed by atoms with van der Waals surface area (Å²) in [5.74, 6) is -8.33. The quantitative estimate of drug-likeness (QED) is 0.0230. The van der Waals surface area contributed by atoms with Crippen LogP contribution in [0.15, 0.2) is 21.9 Å². The molecule has 3 rings (SSSR count). The van der Waals surface area contributed by atoms with E-state index in [9.17, 15) is 102 Å². The van der Waals surface area contributed by atoms with Crippen molar-refractivity contribution in [1.82, 2.24) is 41.5 Å². The first-order valence-corrected chi connectivity index (χ1v) is 27.7. The van der Waals surface area contributed by atoms with Crippen LogP contribution in [0.25, 0.3) is 0 Å². The molecule has 0 aliphatic carbocycles. The van der Waals surface area contributed by atoms with Gasteiger partial charge in [0.2, 0.25) is 35.4 Å². The summed E-state index contributed by atoms with van der Waals surface area (Å²) in [6.07, 6.45) is -19.5. The fraction of sp³-hybridized carbons (Fsp3) is 0.698. The largest absolute Gasteiger partial charge is 0.483 e. The van der Waals surface area contributed by atoms with Gasteiger partial charge in [-0.25, -0.2) is 18.7 Å². The summed E-state index contributed by atoms with van der Waals surface area (Å²) < 4.78 is 55.5. The molecule has 16 N–H and O–H groups in total. The summed E-state index contributed by atoms with van der Waals surface area (Å²) >= 11 is 0. The van der Waals surface area contributed by atoms with Gasteiger partial charge in [-0.2, -0.15) is 4.31 Å². The number of carbonyl (C=O) groups is 9. The number of aromatic amines is 1. The first-order valence-electron chi connectivity index (χ1n) is 24.7. The molecule has 2 unspecified atom stereocenters. The maximum atomic E-state index is 13.3. The zero-order valence-electron chi connectivity index (χ0n) is 44.0. The molecule has 0 aromatic carbocycles. The summed E-state index contributed by atoms with van der Waals surface area (Å²) in [6.45, 7) is 4.10. The molecule has 0 saturated carbocycles. The lowest BCUT2D eigenvalue weighted by molar-refractivity contribution is -0.283. The van der Waals surface area contributed by atoms with Crippen LogP contribution in [-0.4, -0.2) is 213 Å². The average molecular weight is 1210 g/mol. The second-order valence-corrected chi connectivity index (χ2v) is 21.6. The topological polar surface area (TPSA) is 552 Å². The first-order chi connectivity index (χ1) is 37.6. The minimum Gasteiger partial charge on any atom is -0.480 e. The van der Waals surface area contributed by atoms with Gasteiger partial charge in [-0.05, 0) is 60.3 Å². The van der Waals surface area contributed by atoms with Crippen molar-refractivity contribution in [3.63, 3.8) is 0 Å². The van der Waals surface area contributed by atoms with Crippen LogP contribution in [0.3, 0.4) is 0 Å². The molecule has 458 valence electrons. The highest BCUT2D eigenvalue weighted by atomic mass is 31.3. The number of H-pyrrole nitrogens is 1. The Hall–Kier alpha value is -5.95. The van der Waals surface area contributed by atoms with Gasteiger partial charge < -0.3 is 96.4 Å². The highest BCUT2D eigenvalue weighted by Gasteiger charge is 2.50.